The van der Waals surface area contributed by atoms with E-state index < -0.39 is 0 Å². The van der Waals surface area contributed by atoms with Crippen LogP contribution in [0.5, 0.6) is 5.75 Å². The monoisotopic (exact) mass is 240 g/mol. The Bertz CT molecular complexity index is 551. The van der Waals surface area contributed by atoms with Crippen LogP contribution < -0.4 is 4.90 Å². The Labute approximate surface area is 107 Å². The molecule has 0 radical (unpaired) electrons. The Kier molecular flexibility index (Phi) is 2.67. The zero-order chi connectivity index (χ0) is 12.5. The summed E-state index contributed by atoms with van der Waals surface area (Å²) in [7, 11) is 2.13. The Morgan fingerprint density at radius 3 is 2.89 bits per heavy atom. The number of rotatable bonds is 2. The lowest BCUT2D eigenvalue weighted by atomic mass is 9.96. The van der Waals surface area contributed by atoms with Crippen LogP contribution in [0.4, 0.5) is 5.69 Å². The van der Waals surface area contributed by atoms with Crippen LogP contribution in [0.3, 0.4) is 0 Å². The van der Waals surface area contributed by atoms with E-state index in [2.05, 4.69) is 41.2 Å². The summed E-state index contributed by atoms with van der Waals surface area (Å²) >= 11 is 0. The van der Waals surface area contributed by atoms with Gasteiger partial charge in [0, 0.05) is 30.9 Å². The molecular weight excluding hydrogens is 224 g/mol. The summed E-state index contributed by atoms with van der Waals surface area (Å²) in [6.07, 6.45) is 2.43. The van der Waals surface area contributed by atoms with Crippen LogP contribution in [-0.4, -0.2) is 23.7 Å². The molecule has 1 aromatic heterocycles. The maximum Gasteiger partial charge on any atom is 0.133 e. The van der Waals surface area contributed by atoms with E-state index in [1.165, 1.54) is 17.4 Å². The average Bonchev–Trinajstić information content (AvgIpc) is 2.70. The first-order chi connectivity index (χ1) is 8.74. The summed E-state index contributed by atoms with van der Waals surface area (Å²) in [5.41, 5.74) is 3.75. The standard InChI is InChI=1S/C15H16N2O/c1-17-10-11(14-4-2-3-5-15(14)17)8-12-6-7-13(18)9-16-12/h2-7,9,11,18H,8,10H2,1H3. The predicted molar refractivity (Wildman–Crippen MR) is 72.1 cm³/mol. The normalized spacial score (nSPS) is 17.8. The van der Waals surface area contributed by atoms with E-state index in [0.717, 1.165) is 18.7 Å². The molecule has 0 saturated heterocycles. The van der Waals surface area contributed by atoms with Gasteiger partial charge in [0.1, 0.15) is 5.75 Å². The van der Waals surface area contributed by atoms with Crippen molar-refractivity contribution in [2.24, 2.45) is 0 Å². The summed E-state index contributed by atoms with van der Waals surface area (Å²) in [6.45, 7) is 1.03. The van der Waals surface area contributed by atoms with Crippen LogP contribution in [-0.2, 0) is 6.42 Å². The van der Waals surface area contributed by atoms with Gasteiger partial charge in [0.25, 0.3) is 0 Å². The smallest absolute Gasteiger partial charge is 0.133 e. The summed E-state index contributed by atoms with van der Waals surface area (Å²) < 4.78 is 0. The van der Waals surface area contributed by atoms with Crippen molar-refractivity contribution < 1.29 is 5.11 Å². The van der Waals surface area contributed by atoms with Crippen LogP contribution >= 0.6 is 0 Å². The maximum atomic E-state index is 9.25. The molecule has 3 nitrogen and oxygen atoms in total. The Morgan fingerprint density at radius 1 is 1.28 bits per heavy atom. The number of likely N-dealkylation sites (N-methyl/N-ethyl adjacent to an activating group) is 1. The van der Waals surface area contributed by atoms with Crippen molar-refractivity contribution in [3.8, 4) is 5.75 Å². The van der Waals surface area contributed by atoms with Crippen LogP contribution in [0.25, 0.3) is 0 Å². The van der Waals surface area contributed by atoms with E-state index in [1.807, 2.05) is 6.07 Å². The lowest BCUT2D eigenvalue weighted by Gasteiger charge is -2.12. The predicted octanol–water partition coefficient (Wildman–Crippen LogP) is 2.56. The number of anilines is 1. The highest BCUT2D eigenvalue weighted by Crippen LogP contribution is 2.36. The third kappa shape index (κ3) is 1.92. The van der Waals surface area contributed by atoms with Gasteiger partial charge in [0.05, 0.1) is 6.20 Å². The molecule has 1 aliphatic heterocycles. The van der Waals surface area contributed by atoms with Gasteiger partial charge in [-0.05, 0) is 30.2 Å². The molecule has 0 saturated carbocycles. The fraction of sp³-hybridized carbons (Fsp3) is 0.267. The number of aromatic nitrogens is 1. The molecule has 0 aliphatic carbocycles. The highest BCUT2D eigenvalue weighted by atomic mass is 16.3. The fourth-order valence-electron chi connectivity index (χ4n) is 2.67. The third-order valence-electron chi connectivity index (χ3n) is 3.55. The summed E-state index contributed by atoms with van der Waals surface area (Å²) in [6, 6.07) is 12.1. The second-order valence-corrected chi connectivity index (χ2v) is 4.85. The van der Waals surface area contributed by atoms with E-state index in [0.29, 0.717) is 5.92 Å². The highest BCUT2D eigenvalue weighted by molar-refractivity contribution is 5.59. The summed E-state index contributed by atoms with van der Waals surface area (Å²) in [5, 5.41) is 9.25. The number of nitrogens with zero attached hydrogens (tertiary/aromatic N) is 2. The number of aromatic hydroxyl groups is 1. The van der Waals surface area contributed by atoms with Crippen molar-refractivity contribution >= 4 is 5.69 Å². The molecule has 0 bridgehead atoms. The molecule has 0 amide bonds. The van der Waals surface area contributed by atoms with Gasteiger partial charge >= 0.3 is 0 Å². The van der Waals surface area contributed by atoms with E-state index >= 15 is 0 Å². The summed E-state index contributed by atoms with van der Waals surface area (Å²) in [4.78, 5) is 6.56. The van der Waals surface area contributed by atoms with Crippen molar-refractivity contribution in [2.45, 2.75) is 12.3 Å². The van der Waals surface area contributed by atoms with Gasteiger partial charge in [-0.15, -0.1) is 0 Å². The van der Waals surface area contributed by atoms with Gasteiger partial charge in [-0.2, -0.15) is 0 Å². The van der Waals surface area contributed by atoms with E-state index in [9.17, 15) is 5.11 Å². The number of hydrogen-bond donors (Lipinski definition) is 1. The molecule has 18 heavy (non-hydrogen) atoms. The molecule has 92 valence electrons. The van der Waals surface area contributed by atoms with Crippen molar-refractivity contribution in [3.63, 3.8) is 0 Å². The second-order valence-electron chi connectivity index (χ2n) is 4.85. The molecule has 2 heterocycles. The average molecular weight is 240 g/mol. The minimum absolute atomic E-state index is 0.225. The first-order valence-electron chi connectivity index (χ1n) is 6.18. The van der Waals surface area contributed by atoms with Crippen LogP contribution in [0.1, 0.15) is 17.2 Å². The molecule has 1 N–H and O–H groups in total. The van der Waals surface area contributed by atoms with Gasteiger partial charge < -0.3 is 10.0 Å². The minimum Gasteiger partial charge on any atom is -0.506 e. The van der Waals surface area contributed by atoms with Gasteiger partial charge in [-0.3, -0.25) is 4.98 Å². The molecule has 0 fully saturated rings. The number of para-hydroxylation sites is 1. The Hall–Kier alpha value is -2.03. The molecule has 1 aliphatic rings. The van der Waals surface area contributed by atoms with Gasteiger partial charge in [0.15, 0.2) is 0 Å². The molecule has 1 aromatic carbocycles. The molecule has 1 unspecified atom stereocenters. The first-order valence-corrected chi connectivity index (χ1v) is 6.18. The minimum atomic E-state index is 0.225. The molecule has 3 rings (SSSR count). The van der Waals surface area contributed by atoms with E-state index in [-0.39, 0.29) is 5.75 Å². The van der Waals surface area contributed by atoms with Gasteiger partial charge in [0.2, 0.25) is 0 Å². The number of fused-ring (bicyclic) bond motifs is 1. The van der Waals surface area contributed by atoms with E-state index in [1.54, 1.807) is 6.07 Å². The number of hydrogen-bond acceptors (Lipinski definition) is 3. The maximum absolute atomic E-state index is 9.25. The Balaban J connectivity index is 1.85. The quantitative estimate of drug-likeness (QED) is 0.876. The van der Waals surface area contributed by atoms with Gasteiger partial charge in [-0.1, -0.05) is 18.2 Å². The molecule has 0 spiro atoms. The number of pyridine rings is 1. The Morgan fingerprint density at radius 2 is 2.11 bits per heavy atom. The zero-order valence-corrected chi connectivity index (χ0v) is 10.4. The van der Waals surface area contributed by atoms with E-state index in [4.69, 9.17) is 0 Å². The lowest BCUT2D eigenvalue weighted by Crippen LogP contribution is -2.16. The van der Waals surface area contributed by atoms with Crippen LogP contribution in [0.2, 0.25) is 0 Å². The van der Waals surface area contributed by atoms with Crippen LogP contribution in [0.15, 0.2) is 42.6 Å². The fourth-order valence-corrected chi connectivity index (χ4v) is 2.67. The van der Waals surface area contributed by atoms with Crippen molar-refractivity contribution in [1.29, 1.82) is 0 Å². The second kappa shape index (κ2) is 4.33. The lowest BCUT2D eigenvalue weighted by molar-refractivity contribution is 0.472. The van der Waals surface area contributed by atoms with Crippen molar-refractivity contribution in [2.75, 3.05) is 18.5 Å². The topological polar surface area (TPSA) is 36.4 Å². The van der Waals surface area contributed by atoms with Crippen molar-refractivity contribution in [3.05, 3.63) is 53.9 Å². The molecule has 2 aromatic rings. The highest BCUT2D eigenvalue weighted by Gasteiger charge is 2.26. The van der Waals surface area contributed by atoms with Crippen LogP contribution in [0, 0.1) is 0 Å². The largest absolute Gasteiger partial charge is 0.506 e. The number of benzene rings is 1. The summed E-state index contributed by atoms with van der Waals surface area (Å²) in [5.74, 6) is 0.714. The molecule has 3 heteroatoms. The van der Waals surface area contributed by atoms with Gasteiger partial charge in [-0.25, -0.2) is 0 Å². The van der Waals surface area contributed by atoms with Crippen molar-refractivity contribution in [1.82, 2.24) is 4.98 Å². The zero-order valence-electron chi connectivity index (χ0n) is 10.4. The molecular formula is C15H16N2O. The molecule has 1 atom stereocenters. The third-order valence-corrected chi connectivity index (χ3v) is 3.55. The SMILES string of the molecule is CN1CC(Cc2ccc(O)cn2)c2ccccc21. The first kappa shape index (κ1) is 11.1.